The number of nitrogens with one attached hydrogen (secondary N) is 1. The molecule has 0 atom stereocenters. The molecule has 1 amide bonds. The van der Waals surface area contributed by atoms with E-state index in [1.807, 2.05) is 11.0 Å². The van der Waals surface area contributed by atoms with E-state index in [1.165, 1.54) is 6.07 Å². The maximum Gasteiger partial charge on any atom is 0.224 e. The summed E-state index contributed by atoms with van der Waals surface area (Å²) >= 11 is 5.80. The molecule has 19 heavy (non-hydrogen) atoms. The van der Waals surface area contributed by atoms with Gasteiger partial charge in [-0.3, -0.25) is 4.79 Å². The molecule has 0 aromatic carbocycles. The Morgan fingerprint density at radius 1 is 1.47 bits per heavy atom. The van der Waals surface area contributed by atoms with Crippen molar-refractivity contribution in [3.63, 3.8) is 0 Å². The highest BCUT2D eigenvalue weighted by molar-refractivity contribution is 6.29. The summed E-state index contributed by atoms with van der Waals surface area (Å²) in [5.74, 6) is 0.686. The molecule has 1 fully saturated rings. The van der Waals surface area contributed by atoms with E-state index in [4.69, 9.17) is 16.9 Å². The third-order valence-electron chi connectivity index (χ3n) is 3.03. The number of hydrogen-bond acceptors (Lipinski definition) is 4. The van der Waals surface area contributed by atoms with Gasteiger partial charge in [-0.25, -0.2) is 4.98 Å². The normalized spacial score (nSPS) is 14.2. The first kappa shape index (κ1) is 13.6. The van der Waals surface area contributed by atoms with Crippen LogP contribution in [0.1, 0.15) is 24.8 Å². The van der Waals surface area contributed by atoms with Gasteiger partial charge >= 0.3 is 0 Å². The second-order valence-corrected chi connectivity index (χ2v) is 4.83. The number of carbonyl (C=O) groups excluding carboxylic acids is 1. The Balaban J connectivity index is 1.84. The number of nitriles is 1. The van der Waals surface area contributed by atoms with Gasteiger partial charge in [0.05, 0.1) is 11.6 Å². The van der Waals surface area contributed by atoms with Gasteiger partial charge in [-0.2, -0.15) is 5.26 Å². The molecule has 1 aromatic heterocycles. The molecule has 6 heteroatoms. The summed E-state index contributed by atoms with van der Waals surface area (Å²) in [6.45, 7) is 2.23. The van der Waals surface area contributed by atoms with E-state index in [1.54, 1.807) is 6.07 Å². The zero-order valence-electron chi connectivity index (χ0n) is 10.5. The number of amides is 1. The molecule has 1 aliphatic heterocycles. The molecule has 2 heterocycles. The van der Waals surface area contributed by atoms with Crippen molar-refractivity contribution in [3.05, 3.63) is 22.8 Å². The Morgan fingerprint density at radius 3 is 2.89 bits per heavy atom. The highest BCUT2D eigenvalue weighted by atomic mass is 35.5. The predicted octanol–water partition coefficient (Wildman–Crippen LogP) is 2.03. The maximum atomic E-state index is 11.8. The lowest BCUT2D eigenvalue weighted by Crippen LogP contribution is -2.29. The second-order valence-electron chi connectivity index (χ2n) is 4.44. The molecule has 0 unspecified atom stereocenters. The minimum absolute atomic E-state index is 0.160. The Morgan fingerprint density at radius 2 is 2.21 bits per heavy atom. The third kappa shape index (κ3) is 3.83. The fourth-order valence-electron chi connectivity index (χ4n) is 2.07. The Hall–Kier alpha value is -1.80. The molecule has 1 aliphatic rings. The summed E-state index contributed by atoms with van der Waals surface area (Å²) < 4.78 is 0. The Bertz CT molecular complexity index is 506. The fraction of sp³-hybridized carbons (Fsp3) is 0.462. The first-order valence-corrected chi connectivity index (χ1v) is 6.66. The summed E-state index contributed by atoms with van der Waals surface area (Å²) in [5, 5.41) is 12.1. The minimum Gasteiger partial charge on any atom is -0.369 e. The maximum absolute atomic E-state index is 11.8. The molecule has 0 bridgehead atoms. The van der Waals surface area contributed by atoms with E-state index >= 15 is 0 Å². The molecule has 0 radical (unpaired) electrons. The largest absolute Gasteiger partial charge is 0.369 e. The second kappa shape index (κ2) is 6.39. The van der Waals surface area contributed by atoms with Crippen LogP contribution in [0.4, 0.5) is 5.82 Å². The van der Waals surface area contributed by atoms with Crippen molar-refractivity contribution < 1.29 is 4.79 Å². The molecule has 100 valence electrons. The Labute approximate surface area is 117 Å². The van der Waals surface area contributed by atoms with Crippen LogP contribution >= 0.6 is 11.6 Å². The molecule has 2 rings (SSSR count). The molecule has 0 aliphatic carbocycles. The van der Waals surface area contributed by atoms with Gasteiger partial charge in [-0.1, -0.05) is 11.6 Å². The third-order valence-corrected chi connectivity index (χ3v) is 3.22. The SMILES string of the molecule is N#Cc1cc(Cl)nc(NCCC(=O)N2CCCC2)c1. The van der Waals surface area contributed by atoms with Crippen LogP contribution in [0.25, 0.3) is 0 Å². The van der Waals surface area contributed by atoms with Crippen LogP contribution < -0.4 is 5.32 Å². The van der Waals surface area contributed by atoms with Crippen molar-refractivity contribution in [2.45, 2.75) is 19.3 Å². The average molecular weight is 279 g/mol. The van der Waals surface area contributed by atoms with Crippen LogP contribution in [0.15, 0.2) is 12.1 Å². The van der Waals surface area contributed by atoms with Crippen LogP contribution in [0.3, 0.4) is 0 Å². The van der Waals surface area contributed by atoms with Crippen molar-refractivity contribution in [1.82, 2.24) is 9.88 Å². The molecule has 1 aromatic rings. The average Bonchev–Trinajstić information content (AvgIpc) is 2.92. The van der Waals surface area contributed by atoms with Crippen LogP contribution in [-0.2, 0) is 4.79 Å². The van der Waals surface area contributed by atoms with E-state index in [-0.39, 0.29) is 11.1 Å². The number of likely N-dealkylation sites (tertiary alicyclic amines) is 1. The highest BCUT2D eigenvalue weighted by Crippen LogP contribution is 2.14. The van der Waals surface area contributed by atoms with Crippen LogP contribution in [0.2, 0.25) is 5.15 Å². The van der Waals surface area contributed by atoms with Crippen LogP contribution in [0, 0.1) is 11.3 Å². The quantitative estimate of drug-likeness (QED) is 0.856. The van der Waals surface area contributed by atoms with Crippen molar-refractivity contribution in [2.24, 2.45) is 0 Å². The monoisotopic (exact) mass is 278 g/mol. The van der Waals surface area contributed by atoms with Crippen molar-refractivity contribution in [3.8, 4) is 6.07 Å². The van der Waals surface area contributed by atoms with E-state index in [9.17, 15) is 4.79 Å². The Kier molecular flexibility index (Phi) is 4.58. The molecule has 1 saturated heterocycles. The standard InChI is InChI=1S/C13H15ClN4O/c14-11-7-10(9-15)8-12(17-11)16-4-3-13(19)18-5-1-2-6-18/h7-8H,1-6H2,(H,16,17). The van der Waals surface area contributed by atoms with Crippen LogP contribution in [0.5, 0.6) is 0 Å². The topological polar surface area (TPSA) is 69.0 Å². The highest BCUT2D eigenvalue weighted by Gasteiger charge is 2.17. The number of anilines is 1. The van der Waals surface area contributed by atoms with E-state index < -0.39 is 0 Å². The fourth-order valence-corrected chi connectivity index (χ4v) is 2.28. The van der Waals surface area contributed by atoms with E-state index in [2.05, 4.69) is 10.3 Å². The summed E-state index contributed by atoms with van der Waals surface area (Å²) in [7, 11) is 0. The van der Waals surface area contributed by atoms with Gasteiger partial charge in [-0.05, 0) is 25.0 Å². The zero-order valence-corrected chi connectivity index (χ0v) is 11.3. The first-order chi connectivity index (χ1) is 9.19. The van der Waals surface area contributed by atoms with Gasteiger partial charge in [0.25, 0.3) is 0 Å². The zero-order chi connectivity index (χ0) is 13.7. The summed E-state index contributed by atoms with van der Waals surface area (Å²) in [5.41, 5.74) is 0.452. The van der Waals surface area contributed by atoms with E-state index in [0.29, 0.717) is 24.3 Å². The molecular weight excluding hydrogens is 264 g/mol. The van der Waals surface area contributed by atoms with Crippen molar-refractivity contribution in [1.29, 1.82) is 5.26 Å². The molecule has 1 N–H and O–H groups in total. The number of pyridine rings is 1. The molecule has 5 nitrogen and oxygen atoms in total. The number of halogens is 1. The lowest BCUT2D eigenvalue weighted by molar-refractivity contribution is -0.129. The smallest absolute Gasteiger partial charge is 0.224 e. The number of rotatable bonds is 4. The number of hydrogen-bond donors (Lipinski definition) is 1. The number of nitrogens with zero attached hydrogens (tertiary/aromatic N) is 3. The van der Waals surface area contributed by atoms with E-state index in [0.717, 1.165) is 25.9 Å². The summed E-state index contributed by atoms with van der Waals surface area (Å²) in [6, 6.07) is 5.13. The first-order valence-electron chi connectivity index (χ1n) is 6.28. The van der Waals surface area contributed by atoms with Gasteiger partial charge in [0.15, 0.2) is 0 Å². The van der Waals surface area contributed by atoms with Gasteiger partial charge in [0.1, 0.15) is 11.0 Å². The minimum atomic E-state index is 0.160. The summed E-state index contributed by atoms with van der Waals surface area (Å²) in [6.07, 6.45) is 2.62. The van der Waals surface area contributed by atoms with Crippen LogP contribution in [-0.4, -0.2) is 35.4 Å². The van der Waals surface area contributed by atoms with Gasteiger partial charge in [-0.15, -0.1) is 0 Å². The number of aromatic nitrogens is 1. The predicted molar refractivity (Wildman–Crippen MR) is 72.9 cm³/mol. The van der Waals surface area contributed by atoms with Gasteiger partial charge < -0.3 is 10.2 Å². The lowest BCUT2D eigenvalue weighted by Gasteiger charge is -2.15. The van der Waals surface area contributed by atoms with Crippen molar-refractivity contribution in [2.75, 3.05) is 25.0 Å². The van der Waals surface area contributed by atoms with Crippen molar-refractivity contribution >= 4 is 23.3 Å². The molecule has 0 spiro atoms. The molecule has 0 saturated carbocycles. The molecular formula is C13H15ClN4O. The lowest BCUT2D eigenvalue weighted by atomic mass is 10.3. The van der Waals surface area contributed by atoms with Gasteiger partial charge in [0.2, 0.25) is 5.91 Å². The number of carbonyl (C=O) groups is 1. The summed E-state index contributed by atoms with van der Waals surface area (Å²) in [4.78, 5) is 17.7. The van der Waals surface area contributed by atoms with Gasteiger partial charge in [0, 0.05) is 26.1 Å².